The first-order valence-corrected chi connectivity index (χ1v) is 7.66. The van der Waals surface area contributed by atoms with E-state index in [-0.39, 0.29) is 5.91 Å². The molecule has 0 saturated carbocycles. The Morgan fingerprint density at radius 1 is 1.09 bits per heavy atom. The minimum absolute atomic E-state index is 0.0724. The lowest BCUT2D eigenvalue weighted by molar-refractivity contribution is 0.0767. The van der Waals surface area contributed by atoms with Crippen molar-refractivity contribution in [3.63, 3.8) is 0 Å². The van der Waals surface area contributed by atoms with E-state index in [4.69, 9.17) is 0 Å². The fourth-order valence-corrected chi connectivity index (χ4v) is 2.16. The van der Waals surface area contributed by atoms with Crippen molar-refractivity contribution >= 4 is 17.5 Å². The standard InChI is InChI=1S/C17H22N4O/c1-4-13-7-9-14(10-8-13)19-17-18-12-11-15(20-17)16(22)21(5-2)6-3/h7-12H,4-6H2,1-3H3,(H,18,19,20). The molecule has 116 valence electrons. The minimum atomic E-state index is -0.0724. The van der Waals surface area contributed by atoms with Gasteiger partial charge < -0.3 is 10.2 Å². The van der Waals surface area contributed by atoms with E-state index in [1.165, 1.54) is 5.56 Å². The van der Waals surface area contributed by atoms with Gasteiger partial charge in [-0.1, -0.05) is 19.1 Å². The van der Waals surface area contributed by atoms with Crippen LogP contribution >= 0.6 is 0 Å². The normalized spacial score (nSPS) is 10.3. The Balaban J connectivity index is 2.15. The zero-order valence-electron chi connectivity index (χ0n) is 13.3. The van der Waals surface area contributed by atoms with Crippen LogP contribution in [-0.2, 0) is 6.42 Å². The second-order valence-corrected chi connectivity index (χ2v) is 4.92. The molecule has 0 spiro atoms. The molecule has 2 aromatic rings. The van der Waals surface area contributed by atoms with Crippen LogP contribution in [0.4, 0.5) is 11.6 Å². The number of aromatic nitrogens is 2. The predicted octanol–water partition coefficient (Wildman–Crippen LogP) is 3.26. The SMILES string of the molecule is CCc1ccc(Nc2nccc(C(=O)N(CC)CC)n2)cc1. The molecule has 0 fully saturated rings. The van der Waals surface area contributed by atoms with Gasteiger partial charge in [0.1, 0.15) is 5.69 Å². The van der Waals surface area contributed by atoms with Crippen LogP contribution in [0.25, 0.3) is 0 Å². The number of hydrogen-bond donors (Lipinski definition) is 1. The van der Waals surface area contributed by atoms with E-state index in [1.807, 2.05) is 26.0 Å². The van der Waals surface area contributed by atoms with Crippen molar-refractivity contribution in [1.82, 2.24) is 14.9 Å². The van der Waals surface area contributed by atoms with Crippen molar-refractivity contribution in [2.45, 2.75) is 27.2 Å². The zero-order valence-corrected chi connectivity index (χ0v) is 13.3. The first-order chi connectivity index (χ1) is 10.7. The van der Waals surface area contributed by atoms with Gasteiger partial charge in [0.2, 0.25) is 5.95 Å². The summed E-state index contributed by atoms with van der Waals surface area (Å²) in [5.41, 5.74) is 2.59. The van der Waals surface area contributed by atoms with Gasteiger partial charge in [0.25, 0.3) is 5.91 Å². The van der Waals surface area contributed by atoms with E-state index in [0.29, 0.717) is 24.7 Å². The zero-order chi connectivity index (χ0) is 15.9. The van der Waals surface area contributed by atoms with Gasteiger partial charge in [-0.2, -0.15) is 0 Å². The van der Waals surface area contributed by atoms with Gasteiger partial charge in [-0.05, 0) is 44.0 Å². The van der Waals surface area contributed by atoms with Crippen LogP contribution in [0.15, 0.2) is 36.5 Å². The summed E-state index contributed by atoms with van der Waals surface area (Å²) < 4.78 is 0. The summed E-state index contributed by atoms with van der Waals surface area (Å²) in [6.07, 6.45) is 2.61. The molecule has 0 unspecified atom stereocenters. The van der Waals surface area contributed by atoms with E-state index >= 15 is 0 Å². The topological polar surface area (TPSA) is 58.1 Å². The van der Waals surface area contributed by atoms with Crippen molar-refractivity contribution in [1.29, 1.82) is 0 Å². The average Bonchev–Trinajstić information content (AvgIpc) is 2.57. The highest BCUT2D eigenvalue weighted by Gasteiger charge is 2.14. The summed E-state index contributed by atoms with van der Waals surface area (Å²) in [5, 5.41) is 3.13. The maximum absolute atomic E-state index is 12.3. The van der Waals surface area contributed by atoms with Crippen LogP contribution in [0, 0.1) is 0 Å². The molecule has 0 saturated heterocycles. The molecule has 0 aliphatic carbocycles. The highest BCUT2D eigenvalue weighted by molar-refractivity contribution is 5.92. The van der Waals surface area contributed by atoms with E-state index in [1.54, 1.807) is 17.2 Å². The fraction of sp³-hybridized carbons (Fsp3) is 0.353. The van der Waals surface area contributed by atoms with E-state index in [9.17, 15) is 4.79 Å². The predicted molar refractivity (Wildman–Crippen MR) is 88.4 cm³/mol. The van der Waals surface area contributed by atoms with Gasteiger partial charge >= 0.3 is 0 Å². The largest absolute Gasteiger partial charge is 0.338 e. The molecule has 5 nitrogen and oxygen atoms in total. The molecular weight excluding hydrogens is 276 g/mol. The highest BCUT2D eigenvalue weighted by atomic mass is 16.2. The number of hydrogen-bond acceptors (Lipinski definition) is 4. The van der Waals surface area contributed by atoms with Crippen molar-refractivity contribution < 1.29 is 4.79 Å². The van der Waals surface area contributed by atoms with Crippen molar-refractivity contribution in [3.05, 3.63) is 47.8 Å². The molecule has 0 aliphatic heterocycles. The third-order valence-electron chi connectivity index (χ3n) is 3.54. The van der Waals surface area contributed by atoms with Crippen LogP contribution in [0.3, 0.4) is 0 Å². The molecule has 2 rings (SSSR count). The Morgan fingerprint density at radius 3 is 2.36 bits per heavy atom. The molecule has 1 N–H and O–H groups in total. The summed E-state index contributed by atoms with van der Waals surface area (Å²) in [6.45, 7) is 7.36. The van der Waals surface area contributed by atoms with Crippen molar-refractivity contribution in [3.8, 4) is 0 Å². The number of carbonyl (C=O) groups excluding carboxylic acids is 1. The summed E-state index contributed by atoms with van der Waals surface area (Å²) in [6, 6.07) is 9.74. The van der Waals surface area contributed by atoms with Crippen LogP contribution in [0.1, 0.15) is 36.8 Å². The molecule has 5 heteroatoms. The quantitative estimate of drug-likeness (QED) is 0.889. The molecule has 1 aromatic carbocycles. The third-order valence-corrected chi connectivity index (χ3v) is 3.54. The third kappa shape index (κ3) is 3.81. The Hall–Kier alpha value is -2.43. The summed E-state index contributed by atoms with van der Waals surface area (Å²) in [4.78, 5) is 22.5. The van der Waals surface area contributed by atoms with Crippen LogP contribution in [0.2, 0.25) is 0 Å². The number of nitrogens with one attached hydrogen (secondary N) is 1. The van der Waals surface area contributed by atoms with Crippen LogP contribution < -0.4 is 5.32 Å². The maximum atomic E-state index is 12.3. The maximum Gasteiger partial charge on any atom is 0.272 e. The first kappa shape index (κ1) is 15.9. The number of amides is 1. The summed E-state index contributed by atoms with van der Waals surface area (Å²) in [5.74, 6) is 0.360. The highest BCUT2D eigenvalue weighted by Crippen LogP contribution is 2.14. The Labute approximate surface area is 131 Å². The minimum Gasteiger partial charge on any atom is -0.338 e. The number of aryl methyl sites for hydroxylation is 1. The van der Waals surface area contributed by atoms with Crippen molar-refractivity contribution in [2.75, 3.05) is 18.4 Å². The molecule has 0 atom stereocenters. The first-order valence-electron chi connectivity index (χ1n) is 7.66. The lowest BCUT2D eigenvalue weighted by Crippen LogP contribution is -2.31. The Bertz CT molecular complexity index is 621. The molecule has 22 heavy (non-hydrogen) atoms. The van der Waals surface area contributed by atoms with Gasteiger partial charge in [-0.15, -0.1) is 0 Å². The monoisotopic (exact) mass is 298 g/mol. The number of anilines is 2. The summed E-state index contributed by atoms with van der Waals surface area (Å²) >= 11 is 0. The molecule has 0 aliphatic rings. The molecule has 0 bridgehead atoms. The molecule has 1 amide bonds. The van der Waals surface area contributed by atoms with Crippen LogP contribution in [0.5, 0.6) is 0 Å². The molecule has 1 aromatic heterocycles. The van der Waals surface area contributed by atoms with Crippen LogP contribution in [-0.4, -0.2) is 33.9 Å². The van der Waals surface area contributed by atoms with Crippen molar-refractivity contribution in [2.24, 2.45) is 0 Å². The van der Waals surface area contributed by atoms with Gasteiger partial charge in [0.15, 0.2) is 0 Å². The second-order valence-electron chi connectivity index (χ2n) is 4.92. The smallest absolute Gasteiger partial charge is 0.272 e. The van der Waals surface area contributed by atoms with E-state index in [2.05, 4.69) is 34.3 Å². The van der Waals surface area contributed by atoms with Gasteiger partial charge in [-0.3, -0.25) is 4.79 Å². The number of rotatable bonds is 6. The Kier molecular flexibility index (Phi) is 5.47. The number of benzene rings is 1. The fourth-order valence-electron chi connectivity index (χ4n) is 2.16. The number of nitrogens with zero attached hydrogens (tertiary/aromatic N) is 3. The Morgan fingerprint density at radius 2 is 1.77 bits per heavy atom. The number of carbonyl (C=O) groups is 1. The van der Waals surface area contributed by atoms with E-state index < -0.39 is 0 Å². The molecule has 0 radical (unpaired) electrons. The van der Waals surface area contributed by atoms with Gasteiger partial charge in [0, 0.05) is 25.0 Å². The molecule has 1 heterocycles. The van der Waals surface area contributed by atoms with Gasteiger partial charge in [0.05, 0.1) is 0 Å². The lowest BCUT2D eigenvalue weighted by Gasteiger charge is -2.18. The second kappa shape index (κ2) is 7.54. The van der Waals surface area contributed by atoms with Gasteiger partial charge in [-0.25, -0.2) is 9.97 Å². The molecular formula is C17H22N4O. The lowest BCUT2D eigenvalue weighted by atomic mass is 10.1. The summed E-state index contributed by atoms with van der Waals surface area (Å²) in [7, 11) is 0. The average molecular weight is 298 g/mol. The van der Waals surface area contributed by atoms with E-state index in [0.717, 1.165) is 12.1 Å².